The average molecular weight is 282 g/mol. The van der Waals surface area contributed by atoms with Crippen molar-refractivity contribution >= 4 is 21.4 Å². The third kappa shape index (κ3) is 2.58. The smallest absolute Gasteiger partial charge is 0.220 e. The molecule has 0 aliphatic heterocycles. The van der Waals surface area contributed by atoms with E-state index in [2.05, 4.69) is 30.3 Å². The molecule has 0 amide bonds. The second kappa shape index (κ2) is 5.47. The number of fused-ring (bicyclic) bond motifs is 1. The van der Waals surface area contributed by atoms with Gasteiger partial charge in [0.05, 0.1) is 7.11 Å². The zero-order chi connectivity index (χ0) is 13.9. The summed E-state index contributed by atoms with van der Waals surface area (Å²) >= 11 is 1.79. The SMILES string of the molecule is COc1ccc(Cc2cc3ccccc3s2)ccc1=O. The number of thiophene rings is 1. The number of hydrogen-bond acceptors (Lipinski definition) is 3. The maximum absolute atomic E-state index is 11.7. The largest absolute Gasteiger partial charge is 0.493 e. The van der Waals surface area contributed by atoms with Crippen LogP contribution in [0.3, 0.4) is 0 Å². The van der Waals surface area contributed by atoms with E-state index in [9.17, 15) is 4.79 Å². The first-order valence-corrected chi connectivity index (χ1v) is 7.22. The lowest BCUT2D eigenvalue weighted by molar-refractivity contribution is 0.411. The van der Waals surface area contributed by atoms with Gasteiger partial charge in [0.25, 0.3) is 0 Å². The van der Waals surface area contributed by atoms with E-state index in [1.54, 1.807) is 23.5 Å². The van der Waals surface area contributed by atoms with E-state index in [1.807, 2.05) is 12.1 Å². The van der Waals surface area contributed by atoms with Crippen molar-refractivity contribution in [3.8, 4) is 5.75 Å². The van der Waals surface area contributed by atoms with Crippen molar-refractivity contribution in [3.05, 3.63) is 75.3 Å². The van der Waals surface area contributed by atoms with Gasteiger partial charge in [-0.05, 0) is 35.2 Å². The van der Waals surface area contributed by atoms with Crippen LogP contribution in [0, 0.1) is 0 Å². The van der Waals surface area contributed by atoms with Crippen LogP contribution >= 0.6 is 11.3 Å². The van der Waals surface area contributed by atoms with E-state index < -0.39 is 0 Å². The third-order valence-electron chi connectivity index (χ3n) is 3.22. The number of ether oxygens (including phenoxy) is 1. The number of benzene rings is 1. The highest BCUT2D eigenvalue weighted by atomic mass is 32.1. The van der Waals surface area contributed by atoms with Crippen molar-refractivity contribution in [1.29, 1.82) is 0 Å². The molecular formula is C17H14O2S. The summed E-state index contributed by atoms with van der Waals surface area (Å²) in [6.45, 7) is 0. The summed E-state index contributed by atoms with van der Waals surface area (Å²) in [6.07, 6.45) is 0.830. The van der Waals surface area contributed by atoms with Gasteiger partial charge < -0.3 is 4.74 Å². The minimum atomic E-state index is -0.0879. The van der Waals surface area contributed by atoms with Crippen LogP contribution in [-0.4, -0.2) is 7.11 Å². The normalized spacial score (nSPS) is 10.7. The maximum atomic E-state index is 11.7. The van der Waals surface area contributed by atoms with Crippen LogP contribution in [-0.2, 0) is 6.42 Å². The van der Waals surface area contributed by atoms with Crippen molar-refractivity contribution in [1.82, 2.24) is 0 Å². The standard InChI is InChI=1S/C17H14O2S/c1-19-16-9-7-12(6-8-15(16)18)10-14-11-13-4-2-3-5-17(13)20-14/h2-9,11H,10H2,1H3. The lowest BCUT2D eigenvalue weighted by atomic mass is 10.1. The summed E-state index contributed by atoms with van der Waals surface area (Å²) in [5.41, 5.74) is 1.02. The molecule has 0 aliphatic rings. The number of hydrogen-bond donors (Lipinski definition) is 0. The van der Waals surface area contributed by atoms with E-state index in [0.717, 1.165) is 12.0 Å². The summed E-state index contributed by atoms with van der Waals surface area (Å²) < 4.78 is 6.34. The number of methoxy groups -OCH3 is 1. The molecule has 0 aliphatic carbocycles. The highest BCUT2D eigenvalue weighted by Crippen LogP contribution is 2.27. The van der Waals surface area contributed by atoms with Crippen molar-refractivity contribution in [2.45, 2.75) is 6.42 Å². The Morgan fingerprint density at radius 2 is 1.85 bits per heavy atom. The monoisotopic (exact) mass is 282 g/mol. The van der Waals surface area contributed by atoms with Gasteiger partial charge in [0, 0.05) is 16.0 Å². The first kappa shape index (κ1) is 12.9. The molecule has 0 fully saturated rings. The lowest BCUT2D eigenvalue weighted by Crippen LogP contribution is -1.98. The number of rotatable bonds is 3. The van der Waals surface area contributed by atoms with Gasteiger partial charge in [0.15, 0.2) is 5.75 Å². The Labute approximate surface area is 121 Å². The molecule has 0 spiro atoms. The lowest BCUT2D eigenvalue weighted by Gasteiger charge is -1.94. The highest BCUT2D eigenvalue weighted by Gasteiger charge is 2.03. The van der Waals surface area contributed by atoms with Crippen LogP contribution in [0.4, 0.5) is 0 Å². The van der Waals surface area contributed by atoms with Crippen molar-refractivity contribution in [2.75, 3.05) is 7.11 Å². The van der Waals surface area contributed by atoms with E-state index >= 15 is 0 Å². The van der Waals surface area contributed by atoms with E-state index in [-0.39, 0.29) is 5.43 Å². The molecule has 0 N–H and O–H groups in total. The maximum Gasteiger partial charge on any atom is 0.220 e. The fourth-order valence-electron chi connectivity index (χ4n) is 2.20. The Balaban J connectivity index is 1.94. The first-order valence-electron chi connectivity index (χ1n) is 6.41. The molecule has 2 nitrogen and oxygen atoms in total. The Morgan fingerprint density at radius 3 is 2.65 bits per heavy atom. The predicted octanol–water partition coefficient (Wildman–Crippen LogP) is 3.86. The van der Waals surface area contributed by atoms with Gasteiger partial charge in [-0.3, -0.25) is 4.79 Å². The molecular weight excluding hydrogens is 268 g/mol. The van der Waals surface area contributed by atoms with E-state index in [4.69, 9.17) is 4.74 Å². The molecule has 0 radical (unpaired) electrons. The van der Waals surface area contributed by atoms with E-state index in [0.29, 0.717) is 5.75 Å². The fourth-order valence-corrected chi connectivity index (χ4v) is 3.30. The molecule has 0 unspecified atom stereocenters. The second-order valence-corrected chi connectivity index (χ2v) is 5.77. The van der Waals surface area contributed by atoms with Crippen LogP contribution in [0.2, 0.25) is 0 Å². The molecule has 3 aromatic rings. The van der Waals surface area contributed by atoms with Gasteiger partial charge in [-0.2, -0.15) is 0 Å². The zero-order valence-corrected chi connectivity index (χ0v) is 11.9. The van der Waals surface area contributed by atoms with Crippen LogP contribution < -0.4 is 10.2 Å². The van der Waals surface area contributed by atoms with E-state index in [1.165, 1.54) is 22.1 Å². The topological polar surface area (TPSA) is 26.3 Å². The summed E-state index contributed by atoms with van der Waals surface area (Å²) in [4.78, 5) is 13.0. The van der Waals surface area contributed by atoms with Gasteiger partial charge in [-0.1, -0.05) is 30.3 Å². The molecule has 3 rings (SSSR count). The Morgan fingerprint density at radius 1 is 1.05 bits per heavy atom. The highest BCUT2D eigenvalue weighted by molar-refractivity contribution is 7.19. The Hall–Kier alpha value is -2.13. The molecule has 1 aromatic heterocycles. The van der Waals surface area contributed by atoms with Crippen LogP contribution in [0.1, 0.15) is 10.4 Å². The van der Waals surface area contributed by atoms with Crippen molar-refractivity contribution in [3.63, 3.8) is 0 Å². The third-order valence-corrected chi connectivity index (χ3v) is 4.33. The molecule has 1 heterocycles. The molecule has 2 aromatic carbocycles. The van der Waals surface area contributed by atoms with Crippen molar-refractivity contribution in [2.24, 2.45) is 0 Å². The summed E-state index contributed by atoms with van der Waals surface area (Å²) in [6, 6.07) is 17.7. The molecule has 0 atom stereocenters. The van der Waals surface area contributed by atoms with Crippen molar-refractivity contribution < 1.29 is 4.74 Å². The van der Waals surface area contributed by atoms with Gasteiger partial charge >= 0.3 is 0 Å². The van der Waals surface area contributed by atoms with Gasteiger partial charge in [0.2, 0.25) is 5.43 Å². The minimum absolute atomic E-state index is 0.0879. The van der Waals surface area contributed by atoms with Gasteiger partial charge in [-0.15, -0.1) is 11.3 Å². The zero-order valence-electron chi connectivity index (χ0n) is 11.1. The van der Waals surface area contributed by atoms with Gasteiger partial charge in [0.1, 0.15) is 0 Å². The Kier molecular flexibility index (Phi) is 3.52. The molecule has 20 heavy (non-hydrogen) atoms. The predicted molar refractivity (Wildman–Crippen MR) is 83.9 cm³/mol. The molecule has 0 saturated heterocycles. The minimum Gasteiger partial charge on any atom is -0.493 e. The summed E-state index contributed by atoms with van der Waals surface area (Å²) in [5.74, 6) is 0.382. The summed E-state index contributed by atoms with van der Waals surface area (Å²) in [7, 11) is 1.52. The molecule has 3 heteroatoms. The first-order chi connectivity index (χ1) is 9.76. The average Bonchev–Trinajstić information content (AvgIpc) is 2.78. The molecule has 0 bridgehead atoms. The quantitative estimate of drug-likeness (QED) is 0.729. The van der Waals surface area contributed by atoms with Crippen LogP contribution in [0.5, 0.6) is 5.75 Å². The molecule has 0 saturated carbocycles. The van der Waals surface area contributed by atoms with Gasteiger partial charge in [-0.25, -0.2) is 0 Å². The fraction of sp³-hybridized carbons (Fsp3) is 0.118. The Bertz CT molecular complexity index is 772. The molecule has 100 valence electrons. The van der Waals surface area contributed by atoms with Crippen LogP contribution in [0.25, 0.3) is 10.1 Å². The summed E-state index contributed by atoms with van der Waals surface area (Å²) in [5, 5.41) is 1.27. The van der Waals surface area contributed by atoms with Crippen LogP contribution in [0.15, 0.2) is 59.4 Å². The second-order valence-electron chi connectivity index (χ2n) is 4.60.